The van der Waals surface area contributed by atoms with Gasteiger partial charge in [0.05, 0.1) is 7.11 Å². The quantitative estimate of drug-likeness (QED) is 0.603. The minimum Gasteiger partial charge on any atom is -0.466 e. The van der Waals surface area contributed by atoms with Crippen LogP contribution in [-0.4, -0.2) is 13.1 Å². The number of ether oxygens (including phenoxy) is 1. The van der Waals surface area contributed by atoms with Gasteiger partial charge >= 0.3 is 5.97 Å². The van der Waals surface area contributed by atoms with Crippen LogP contribution in [0.15, 0.2) is 35.9 Å². The van der Waals surface area contributed by atoms with E-state index in [1.807, 2.05) is 0 Å². The van der Waals surface area contributed by atoms with Crippen LogP contribution in [0, 0.1) is 5.92 Å². The van der Waals surface area contributed by atoms with E-state index < -0.39 is 0 Å². The fourth-order valence-corrected chi connectivity index (χ4v) is 4.69. The van der Waals surface area contributed by atoms with Crippen molar-refractivity contribution < 1.29 is 9.53 Å². The number of hydrogen-bond donors (Lipinski definition) is 0. The second-order valence-electron chi connectivity index (χ2n) is 7.87. The molecule has 0 bridgehead atoms. The number of rotatable bonds is 5. The lowest BCUT2D eigenvalue weighted by atomic mass is 9.76. The Bertz CT molecular complexity index is 591. The van der Waals surface area contributed by atoms with Crippen LogP contribution in [-0.2, 0) is 9.53 Å². The van der Waals surface area contributed by atoms with Gasteiger partial charge in [-0.15, -0.1) is 0 Å². The highest BCUT2D eigenvalue weighted by atomic mass is 16.5. The van der Waals surface area contributed by atoms with Crippen molar-refractivity contribution in [3.8, 4) is 0 Å². The molecule has 2 nitrogen and oxygen atoms in total. The summed E-state index contributed by atoms with van der Waals surface area (Å²) in [6, 6.07) is 9.38. The van der Waals surface area contributed by atoms with E-state index in [1.165, 1.54) is 56.8 Å². The third-order valence-corrected chi connectivity index (χ3v) is 6.28. The van der Waals surface area contributed by atoms with Crippen molar-refractivity contribution in [1.29, 1.82) is 0 Å². The molecule has 1 saturated carbocycles. The molecule has 136 valence electrons. The van der Waals surface area contributed by atoms with Gasteiger partial charge in [0.25, 0.3) is 0 Å². The maximum atomic E-state index is 11.6. The molecule has 1 aromatic rings. The van der Waals surface area contributed by atoms with Crippen LogP contribution in [0.2, 0.25) is 0 Å². The van der Waals surface area contributed by atoms with Crippen molar-refractivity contribution in [2.24, 2.45) is 5.92 Å². The molecule has 0 N–H and O–H groups in total. The molecule has 3 rings (SSSR count). The van der Waals surface area contributed by atoms with Crippen molar-refractivity contribution in [1.82, 2.24) is 0 Å². The standard InChI is InChI=1S/C23H32O2/c1-3-4-17-5-7-18(8-6-17)19-9-11-20(12-10-19)21-13-15-22(16-14-21)23(24)25-2/h9-12,15,17-18,21H,3-8,13-14,16H2,1-2H3. The average molecular weight is 341 g/mol. The fourth-order valence-electron chi connectivity index (χ4n) is 4.69. The number of allylic oxidation sites excluding steroid dienone is 1. The molecule has 2 aliphatic carbocycles. The molecule has 25 heavy (non-hydrogen) atoms. The third kappa shape index (κ3) is 4.54. The van der Waals surface area contributed by atoms with E-state index in [0.29, 0.717) is 5.92 Å². The molecule has 0 heterocycles. The largest absolute Gasteiger partial charge is 0.466 e. The topological polar surface area (TPSA) is 26.3 Å². The molecule has 1 fully saturated rings. The summed E-state index contributed by atoms with van der Waals surface area (Å²) in [5.41, 5.74) is 3.79. The summed E-state index contributed by atoms with van der Waals surface area (Å²) in [5.74, 6) is 2.12. The predicted octanol–water partition coefficient (Wildman–Crippen LogP) is 6.13. The van der Waals surface area contributed by atoms with Crippen LogP contribution < -0.4 is 0 Å². The lowest BCUT2D eigenvalue weighted by Crippen LogP contribution is -2.13. The average Bonchev–Trinajstić information content (AvgIpc) is 2.68. The first-order valence-corrected chi connectivity index (χ1v) is 10.1. The molecule has 1 unspecified atom stereocenters. The number of esters is 1. The van der Waals surface area contributed by atoms with E-state index in [-0.39, 0.29) is 5.97 Å². The molecule has 0 aromatic heterocycles. The number of benzene rings is 1. The Kier molecular flexibility index (Phi) is 6.34. The summed E-state index contributed by atoms with van der Waals surface area (Å²) in [6.45, 7) is 2.30. The zero-order chi connectivity index (χ0) is 17.6. The van der Waals surface area contributed by atoms with Crippen LogP contribution in [0.25, 0.3) is 0 Å². The van der Waals surface area contributed by atoms with Crippen molar-refractivity contribution in [2.45, 2.75) is 76.5 Å². The first-order chi connectivity index (χ1) is 12.2. The fraction of sp³-hybridized carbons (Fsp3) is 0.609. The Balaban J connectivity index is 1.56. The lowest BCUT2D eigenvalue weighted by molar-refractivity contribution is -0.136. The summed E-state index contributed by atoms with van der Waals surface area (Å²) in [4.78, 5) is 11.6. The van der Waals surface area contributed by atoms with E-state index in [4.69, 9.17) is 4.74 Å². The minimum atomic E-state index is -0.160. The number of carbonyl (C=O) groups is 1. The molecular weight excluding hydrogens is 308 g/mol. The molecule has 0 aliphatic heterocycles. The van der Waals surface area contributed by atoms with Gasteiger partial charge in [-0.1, -0.05) is 50.1 Å². The van der Waals surface area contributed by atoms with Crippen molar-refractivity contribution in [2.75, 3.05) is 7.11 Å². The number of carbonyl (C=O) groups excluding carboxylic acids is 1. The SMILES string of the molecule is CCCC1CCC(c2ccc(C3CC=C(C(=O)OC)CC3)cc2)CC1. The molecule has 2 heteroatoms. The highest BCUT2D eigenvalue weighted by Gasteiger charge is 2.23. The molecule has 2 aliphatic rings. The molecule has 0 amide bonds. The monoisotopic (exact) mass is 340 g/mol. The van der Waals surface area contributed by atoms with Crippen LogP contribution >= 0.6 is 0 Å². The van der Waals surface area contributed by atoms with Gasteiger partial charge in [-0.05, 0) is 73.8 Å². The Hall–Kier alpha value is -1.57. The van der Waals surface area contributed by atoms with Gasteiger partial charge in [0.1, 0.15) is 0 Å². The van der Waals surface area contributed by atoms with Gasteiger partial charge in [-0.2, -0.15) is 0 Å². The Morgan fingerprint density at radius 2 is 1.64 bits per heavy atom. The number of methoxy groups -OCH3 is 1. The zero-order valence-electron chi connectivity index (χ0n) is 15.8. The van der Waals surface area contributed by atoms with Crippen LogP contribution in [0.4, 0.5) is 0 Å². The molecule has 1 aromatic carbocycles. The lowest BCUT2D eigenvalue weighted by Gasteiger charge is -2.29. The van der Waals surface area contributed by atoms with E-state index in [9.17, 15) is 4.79 Å². The van der Waals surface area contributed by atoms with E-state index in [0.717, 1.165) is 36.7 Å². The highest BCUT2D eigenvalue weighted by Crippen LogP contribution is 2.38. The first kappa shape index (κ1) is 18.2. The Morgan fingerprint density at radius 3 is 2.16 bits per heavy atom. The van der Waals surface area contributed by atoms with E-state index in [2.05, 4.69) is 37.3 Å². The van der Waals surface area contributed by atoms with Crippen molar-refractivity contribution in [3.63, 3.8) is 0 Å². The van der Waals surface area contributed by atoms with E-state index >= 15 is 0 Å². The van der Waals surface area contributed by atoms with Crippen LogP contribution in [0.3, 0.4) is 0 Å². The predicted molar refractivity (Wildman–Crippen MR) is 103 cm³/mol. The number of hydrogen-bond acceptors (Lipinski definition) is 2. The van der Waals surface area contributed by atoms with Crippen molar-refractivity contribution >= 4 is 5.97 Å². The third-order valence-electron chi connectivity index (χ3n) is 6.28. The summed E-state index contributed by atoms with van der Waals surface area (Å²) in [5, 5.41) is 0. The van der Waals surface area contributed by atoms with Gasteiger partial charge in [0.2, 0.25) is 0 Å². The summed E-state index contributed by atoms with van der Waals surface area (Å²) in [7, 11) is 1.46. The van der Waals surface area contributed by atoms with E-state index in [1.54, 1.807) is 0 Å². The van der Waals surface area contributed by atoms with Gasteiger partial charge in [0.15, 0.2) is 0 Å². The maximum absolute atomic E-state index is 11.6. The highest BCUT2D eigenvalue weighted by molar-refractivity contribution is 5.88. The maximum Gasteiger partial charge on any atom is 0.333 e. The van der Waals surface area contributed by atoms with Crippen molar-refractivity contribution in [3.05, 3.63) is 47.0 Å². The Labute approximate surface area is 152 Å². The Morgan fingerprint density at radius 1 is 1.00 bits per heavy atom. The van der Waals surface area contributed by atoms with Gasteiger partial charge in [-0.3, -0.25) is 0 Å². The smallest absolute Gasteiger partial charge is 0.333 e. The second-order valence-corrected chi connectivity index (χ2v) is 7.87. The van der Waals surface area contributed by atoms with Gasteiger partial charge in [0, 0.05) is 5.57 Å². The second kappa shape index (κ2) is 8.69. The summed E-state index contributed by atoms with van der Waals surface area (Å²) < 4.78 is 4.83. The molecule has 0 spiro atoms. The molecule has 1 atom stereocenters. The van der Waals surface area contributed by atoms with Gasteiger partial charge < -0.3 is 4.74 Å². The summed E-state index contributed by atoms with van der Waals surface area (Å²) in [6.07, 6.45) is 13.2. The normalized spacial score (nSPS) is 26.8. The van der Waals surface area contributed by atoms with Crippen LogP contribution in [0.1, 0.15) is 87.7 Å². The first-order valence-electron chi connectivity index (χ1n) is 10.1. The molecular formula is C23H32O2. The zero-order valence-corrected chi connectivity index (χ0v) is 15.8. The van der Waals surface area contributed by atoms with Crippen LogP contribution in [0.5, 0.6) is 0 Å². The summed E-state index contributed by atoms with van der Waals surface area (Å²) >= 11 is 0. The molecule has 0 saturated heterocycles. The molecule has 0 radical (unpaired) electrons. The minimum absolute atomic E-state index is 0.160. The van der Waals surface area contributed by atoms with Gasteiger partial charge in [-0.25, -0.2) is 4.79 Å².